The monoisotopic (exact) mass is 224 g/mol. The average molecular weight is 224 g/mol. The maximum absolute atomic E-state index is 13.0. The lowest BCUT2D eigenvalue weighted by atomic mass is 9.74. The summed E-state index contributed by atoms with van der Waals surface area (Å²) in [5.74, 6) is 0.193. The van der Waals surface area contributed by atoms with Gasteiger partial charge in [0.1, 0.15) is 5.82 Å². The zero-order valence-electron chi connectivity index (χ0n) is 10.5. The van der Waals surface area contributed by atoms with E-state index in [-0.39, 0.29) is 17.8 Å². The van der Waals surface area contributed by atoms with Crippen molar-refractivity contribution in [3.8, 4) is 0 Å². The van der Waals surface area contributed by atoms with Gasteiger partial charge in [0, 0.05) is 6.61 Å². The molecule has 0 fully saturated rings. The Hall–Kier alpha value is -0.890. The fourth-order valence-electron chi connectivity index (χ4n) is 1.74. The minimum atomic E-state index is -0.198. The second-order valence-corrected chi connectivity index (χ2v) is 5.21. The van der Waals surface area contributed by atoms with Crippen LogP contribution in [-0.2, 0) is 6.42 Å². The van der Waals surface area contributed by atoms with Crippen molar-refractivity contribution in [2.75, 3.05) is 6.61 Å². The van der Waals surface area contributed by atoms with Crippen LogP contribution in [0.15, 0.2) is 18.2 Å². The molecule has 0 amide bonds. The van der Waals surface area contributed by atoms with E-state index in [2.05, 4.69) is 20.8 Å². The standard InChI is InChI=1S/C14H21FO/c1-10(2)14(4,9-16)8-12-5-6-13(15)7-11(12)3/h5-7,10,16H,8-9H2,1-4H3. The van der Waals surface area contributed by atoms with Gasteiger partial charge in [0.15, 0.2) is 0 Å². The van der Waals surface area contributed by atoms with Gasteiger partial charge in [-0.15, -0.1) is 0 Å². The van der Waals surface area contributed by atoms with E-state index in [1.165, 1.54) is 6.07 Å². The van der Waals surface area contributed by atoms with E-state index in [0.29, 0.717) is 5.92 Å². The van der Waals surface area contributed by atoms with Crippen LogP contribution in [0.4, 0.5) is 4.39 Å². The molecular formula is C14H21FO. The number of hydrogen-bond donors (Lipinski definition) is 1. The summed E-state index contributed by atoms with van der Waals surface area (Å²) in [4.78, 5) is 0. The molecule has 0 aliphatic heterocycles. The van der Waals surface area contributed by atoms with E-state index in [1.54, 1.807) is 6.07 Å². The molecule has 0 aliphatic rings. The van der Waals surface area contributed by atoms with Crippen molar-refractivity contribution in [1.29, 1.82) is 0 Å². The van der Waals surface area contributed by atoms with Crippen LogP contribution in [0.5, 0.6) is 0 Å². The molecule has 1 aromatic rings. The summed E-state index contributed by atoms with van der Waals surface area (Å²) >= 11 is 0. The van der Waals surface area contributed by atoms with E-state index in [4.69, 9.17) is 0 Å². The molecule has 1 atom stereocenters. The smallest absolute Gasteiger partial charge is 0.123 e. The molecule has 0 saturated carbocycles. The lowest BCUT2D eigenvalue weighted by Gasteiger charge is -2.32. The van der Waals surface area contributed by atoms with Crippen LogP contribution in [-0.4, -0.2) is 11.7 Å². The van der Waals surface area contributed by atoms with Gasteiger partial charge in [-0.3, -0.25) is 0 Å². The lowest BCUT2D eigenvalue weighted by Crippen LogP contribution is -2.30. The highest BCUT2D eigenvalue weighted by molar-refractivity contribution is 5.27. The summed E-state index contributed by atoms with van der Waals surface area (Å²) in [6.45, 7) is 8.35. The van der Waals surface area contributed by atoms with Gasteiger partial charge in [-0.25, -0.2) is 4.39 Å². The Balaban J connectivity index is 2.95. The van der Waals surface area contributed by atoms with Gasteiger partial charge in [-0.05, 0) is 47.9 Å². The quantitative estimate of drug-likeness (QED) is 0.831. The zero-order valence-corrected chi connectivity index (χ0v) is 10.5. The molecule has 90 valence electrons. The Kier molecular flexibility index (Phi) is 4.09. The second-order valence-electron chi connectivity index (χ2n) is 5.21. The van der Waals surface area contributed by atoms with Crippen molar-refractivity contribution in [2.24, 2.45) is 11.3 Å². The highest BCUT2D eigenvalue weighted by Crippen LogP contribution is 2.31. The first-order chi connectivity index (χ1) is 7.39. The van der Waals surface area contributed by atoms with Crippen LogP contribution in [0.2, 0.25) is 0 Å². The van der Waals surface area contributed by atoms with Gasteiger partial charge < -0.3 is 5.11 Å². The third-order valence-electron chi connectivity index (χ3n) is 3.65. The third-order valence-corrected chi connectivity index (χ3v) is 3.65. The van der Waals surface area contributed by atoms with Crippen LogP contribution < -0.4 is 0 Å². The molecule has 1 nitrogen and oxygen atoms in total. The van der Waals surface area contributed by atoms with E-state index in [0.717, 1.165) is 17.5 Å². The Morgan fingerprint density at radius 1 is 1.38 bits per heavy atom. The molecule has 1 aromatic carbocycles. The molecule has 1 rings (SSSR count). The Morgan fingerprint density at radius 2 is 2.00 bits per heavy atom. The van der Waals surface area contributed by atoms with Gasteiger partial charge in [0.05, 0.1) is 0 Å². The van der Waals surface area contributed by atoms with Crippen molar-refractivity contribution in [3.05, 3.63) is 35.1 Å². The molecule has 0 aliphatic carbocycles. The molecule has 0 saturated heterocycles. The summed E-state index contributed by atoms with van der Waals surface area (Å²) in [5, 5.41) is 9.49. The number of aliphatic hydroxyl groups is 1. The Morgan fingerprint density at radius 3 is 2.44 bits per heavy atom. The fraction of sp³-hybridized carbons (Fsp3) is 0.571. The van der Waals surface area contributed by atoms with Crippen molar-refractivity contribution >= 4 is 0 Å². The van der Waals surface area contributed by atoms with Crippen LogP contribution in [0.1, 0.15) is 31.9 Å². The highest BCUT2D eigenvalue weighted by Gasteiger charge is 2.28. The predicted octanol–water partition coefficient (Wildman–Crippen LogP) is 3.33. The normalized spacial score (nSPS) is 15.2. The van der Waals surface area contributed by atoms with Gasteiger partial charge in [-0.1, -0.05) is 26.8 Å². The molecule has 2 heteroatoms. The van der Waals surface area contributed by atoms with Crippen molar-refractivity contribution in [1.82, 2.24) is 0 Å². The van der Waals surface area contributed by atoms with E-state index >= 15 is 0 Å². The molecule has 1 N–H and O–H groups in total. The Bertz CT molecular complexity index is 360. The number of benzene rings is 1. The summed E-state index contributed by atoms with van der Waals surface area (Å²) < 4.78 is 13.0. The largest absolute Gasteiger partial charge is 0.396 e. The number of aryl methyl sites for hydroxylation is 1. The predicted molar refractivity (Wildman–Crippen MR) is 64.9 cm³/mol. The molecule has 1 unspecified atom stereocenters. The van der Waals surface area contributed by atoms with Gasteiger partial charge in [0.25, 0.3) is 0 Å². The zero-order chi connectivity index (χ0) is 12.3. The Labute approximate surface area is 97.3 Å². The van der Waals surface area contributed by atoms with Crippen LogP contribution in [0.3, 0.4) is 0 Å². The highest BCUT2D eigenvalue weighted by atomic mass is 19.1. The van der Waals surface area contributed by atoms with Crippen molar-refractivity contribution in [2.45, 2.75) is 34.1 Å². The second kappa shape index (κ2) is 4.96. The van der Waals surface area contributed by atoms with Crippen LogP contribution >= 0.6 is 0 Å². The first-order valence-corrected chi connectivity index (χ1v) is 5.75. The number of halogens is 1. The third kappa shape index (κ3) is 2.82. The summed E-state index contributed by atoms with van der Waals surface area (Å²) in [7, 11) is 0. The molecule has 16 heavy (non-hydrogen) atoms. The summed E-state index contributed by atoms with van der Waals surface area (Å²) in [6, 6.07) is 4.86. The SMILES string of the molecule is Cc1cc(F)ccc1CC(C)(CO)C(C)C. The van der Waals surface area contributed by atoms with Crippen molar-refractivity contribution < 1.29 is 9.50 Å². The minimum Gasteiger partial charge on any atom is -0.396 e. The van der Waals surface area contributed by atoms with E-state index < -0.39 is 0 Å². The summed E-state index contributed by atoms with van der Waals surface area (Å²) in [5.41, 5.74) is 1.94. The molecule has 0 aromatic heterocycles. The summed E-state index contributed by atoms with van der Waals surface area (Å²) in [6.07, 6.45) is 0.785. The first kappa shape index (κ1) is 13.2. The van der Waals surface area contributed by atoms with Crippen LogP contribution in [0, 0.1) is 24.1 Å². The maximum Gasteiger partial charge on any atom is 0.123 e. The van der Waals surface area contributed by atoms with E-state index in [9.17, 15) is 9.50 Å². The topological polar surface area (TPSA) is 20.2 Å². The minimum absolute atomic E-state index is 0.136. The molecule has 0 bridgehead atoms. The molecular weight excluding hydrogens is 203 g/mol. The molecule has 0 radical (unpaired) electrons. The van der Waals surface area contributed by atoms with Crippen molar-refractivity contribution in [3.63, 3.8) is 0 Å². The lowest BCUT2D eigenvalue weighted by molar-refractivity contribution is 0.0946. The maximum atomic E-state index is 13.0. The van der Waals surface area contributed by atoms with Gasteiger partial charge >= 0.3 is 0 Å². The van der Waals surface area contributed by atoms with Gasteiger partial charge in [-0.2, -0.15) is 0 Å². The van der Waals surface area contributed by atoms with Gasteiger partial charge in [0.2, 0.25) is 0 Å². The number of rotatable bonds is 4. The molecule has 0 spiro atoms. The van der Waals surface area contributed by atoms with E-state index in [1.807, 2.05) is 13.0 Å². The first-order valence-electron chi connectivity index (χ1n) is 5.75. The number of aliphatic hydroxyl groups excluding tert-OH is 1. The van der Waals surface area contributed by atoms with Crippen LogP contribution in [0.25, 0.3) is 0 Å². The molecule has 0 heterocycles. The fourth-order valence-corrected chi connectivity index (χ4v) is 1.74. The average Bonchev–Trinajstić information content (AvgIpc) is 2.22. The number of hydrogen-bond acceptors (Lipinski definition) is 1.